The maximum Gasteiger partial charge on any atom is 0.328 e. The number of aliphatic hydroxyl groups is 1. The highest BCUT2D eigenvalue weighted by Gasteiger charge is 2.10. The molecule has 4 N–H and O–H groups in total. The van der Waals surface area contributed by atoms with Crippen LogP contribution in [0.2, 0.25) is 0 Å². The molecule has 1 aromatic carbocycles. The second kappa shape index (κ2) is 17.9. The molecule has 0 aliphatic carbocycles. The van der Waals surface area contributed by atoms with Crippen LogP contribution in [0.3, 0.4) is 0 Å². The van der Waals surface area contributed by atoms with Crippen LogP contribution in [0, 0.1) is 0 Å². The first-order valence-electron chi connectivity index (χ1n) is 11.6. The lowest BCUT2D eigenvalue weighted by molar-refractivity contribution is -0.134. The standard InChI is InChI=1S/C20H35FN2O3S.C4H4O4/c1-4-23(15-7-5-6-9-17(2)21)16-8-10-20(24)18-11-13-19(14-12-18)22-27(3,25)26;5-3(6)1-2-4(7)8/h11-14,17,20,22,24H,4-10,15-16H2,1-3H3;1-2H,(H,5,6)(H,7,8)/b;2-1+. The summed E-state index contributed by atoms with van der Waals surface area (Å²) in [6.45, 7) is 6.66. The molecule has 0 aliphatic rings. The Kier molecular flexibility index (Phi) is 16.6. The van der Waals surface area contributed by atoms with Gasteiger partial charge < -0.3 is 20.2 Å². The van der Waals surface area contributed by atoms with E-state index in [1.807, 2.05) is 0 Å². The Balaban J connectivity index is 0.00000124. The summed E-state index contributed by atoms with van der Waals surface area (Å²) in [7, 11) is -3.29. The van der Waals surface area contributed by atoms with Crippen molar-refractivity contribution in [2.75, 3.05) is 30.6 Å². The summed E-state index contributed by atoms with van der Waals surface area (Å²) < 4.78 is 37.6. The molecule has 0 bridgehead atoms. The fourth-order valence-corrected chi connectivity index (χ4v) is 3.73. The summed E-state index contributed by atoms with van der Waals surface area (Å²) in [6, 6.07) is 6.83. The van der Waals surface area contributed by atoms with Crippen LogP contribution in [0.15, 0.2) is 36.4 Å². The summed E-state index contributed by atoms with van der Waals surface area (Å²) in [4.78, 5) is 21.5. The minimum Gasteiger partial charge on any atom is -0.478 e. The summed E-state index contributed by atoms with van der Waals surface area (Å²) in [5.41, 5.74) is 1.28. The van der Waals surface area contributed by atoms with E-state index >= 15 is 0 Å². The number of hydrogen-bond acceptors (Lipinski definition) is 6. The lowest BCUT2D eigenvalue weighted by Crippen LogP contribution is -2.26. The van der Waals surface area contributed by atoms with Gasteiger partial charge in [0.1, 0.15) is 0 Å². The second-order valence-electron chi connectivity index (χ2n) is 8.23. The Bertz CT molecular complexity index is 858. The highest BCUT2D eigenvalue weighted by atomic mass is 32.2. The van der Waals surface area contributed by atoms with E-state index in [0.29, 0.717) is 30.7 Å². The highest BCUT2D eigenvalue weighted by molar-refractivity contribution is 7.92. The van der Waals surface area contributed by atoms with Crippen molar-refractivity contribution in [3.05, 3.63) is 42.0 Å². The van der Waals surface area contributed by atoms with Crippen molar-refractivity contribution < 1.29 is 37.7 Å². The average molecular weight is 519 g/mol. The number of nitrogens with one attached hydrogen (secondary N) is 1. The van der Waals surface area contributed by atoms with E-state index in [2.05, 4.69) is 16.5 Å². The lowest BCUT2D eigenvalue weighted by Gasteiger charge is -2.21. The molecule has 0 amide bonds. The smallest absolute Gasteiger partial charge is 0.328 e. The molecule has 0 fully saturated rings. The van der Waals surface area contributed by atoms with Gasteiger partial charge in [0.05, 0.1) is 18.5 Å². The summed E-state index contributed by atoms with van der Waals surface area (Å²) in [5, 5.41) is 26.0. The number of benzene rings is 1. The summed E-state index contributed by atoms with van der Waals surface area (Å²) >= 11 is 0. The minimum absolute atomic E-state index is 0.493. The van der Waals surface area contributed by atoms with Crippen LogP contribution in [0.5, 0.6) is 0 Å². The van der Waals surface area contributed by atoms with Gasteiger partial charge in [0, 0.05) is 17.8 Å². The van der Waals surface area contributed by atoms with E-state index in [1.54, 1.807) is 31.2 Å². The number of halogens is 1. The molecule has 35 heavy (non-hydrogen) atoms. The number of sulfonamides is 1. The SMILES string of the molecule is CCN(CCCCCC(C)F)CCCC(O)c1ccc(NS(C)(=O)=O)cc1.O=C(O)/C=C/C(=O)O. The molecular formula is C24H39FN2O7S. The van der Waals surface area contributed by atoms with Crippen LogP contribution in [-0.4, -0.2) is 72.6 Å². The molecule has 0 aromatic heterocycles. The van der Waals surface area contributed by atoms with Crippen molar-refractivity contribution in [1.29, 1.82) is 0 Å². The second-order valence-corrected chi connectivity index (χ2v) is 9.98. The number of carboxylic acids is 2. The molecule has 0 aliphatic heterocycles. The van der Waals surface area contributed by atoms with Crippen LogP contribution in [0.25, 0.3) is 0 Å². The predicted molar refractivity (Wildman–Crippen MR) is 135 cm³/mol. The first kappa shape index (κ1) is 32.5. The van der Waals surface area contributed by atoms with E-state index in [0.717, 1.165) is 57.1 Å². The molecule has 11 heteroatoms. The molecule has 2 atom stereocenters. The molecule has 9 nitrogen and oxygen atoms in total. The van der Waals surface area contributed by atoms with E-state index in [9.17, 15) is 27.5 Å². The van der Waals surface area contributed by atoms with Gasteiger partial charge in [-0.1, -0.05) is 31.9 Å². The Labute approximate surface area is 207 Å². The predicted octanol–water partition coefficient (Wildman–Crippen LogP) is 3.82. The van der Waals surface area contributed by atoms with Crippen molar-refractivity contribution in [1.82, 2.24) is 4.90 Å². The van der Waals surface area contributed by atoms with Crippen molar-refractivity contribution in [3.63, 3.8) is 0 Å². The Morgan fingerprint density at radius 3 is 2.00 bits per heavy atom. The van der Waals surface area contributed by atoms with E-state index < -0.39 is 34.2 Å². The monoisotopic (exact) mass is 518 g/mol. The van der Waals surface area contributed by atoms with Crippen LogP contribution in [0.4, 0.5) is 10.1 Å². The number of nitrogens with zero attached hydrogens (tertiary/aromatic N) is 1. The number of alkyl halides is 1. The number of carboxylic acid groups (broad SMARTS) is 2. The number of rotatable bonds is 16. The third kappa shape index (κ3) is 19.5. The highest BCUT2D eigenvalue weighted by Crippen LogP contribution is 2.21. The average Bonchev–Trinajstić information content (AvgIpc) is 2.75. The molecule has 0 saturated heterocycles. The van der Waals surface area contributed by atoms with Gasteiger partial charge in [-0.05, 0) is 69.9 Å². The van der Waals surface area contributed by atoms with E-state index in [1.165, 1.54) is 0 Å². The topological polar surface area (TPSA) is 144 Å². The maximum atomic E-state index is 12.8. The van der Waals surface area contributed by atoms with E-state index in [4.69, 9.17) is 10.2 Å². The minimum atomic E-state index is -3.29. The van der Waals surface area contributed by atoms with Gasteiger partial charge in [-0.25, -0.2) is 22.4 Å². The van der Waals surface area contributed by atoms with Crippen LogP contribution in [-0.2, 0) is 19.6 Å². The first-order chi connectivity index (χ1) is 16.3. The number of unbranched alkanes of at least 4 members (excludes halogenated alkanes) is 2. The zero-order valence-corrected chi connectivity index (χ0v) is 21.5. The molecule has 0 heterocycles. The number of carbonyl (C=O) groups is 2. The van der Waals surface area contributed by atoms with Gasteiger partial charge in [0.2, 0.25) is 10.0 Å². The molecule has 0 spiro atoms. The fraction of sp³-hybridized carbons (Fsp3) is 0.583. The molecular weight excluding hydrogens is 479 g/mol. The number of hydrogen-bond donors (Lipinski definition) is 4. The normalized spacial score (nSPS) is 13.2. The molecule has 200 valence electrons. The van der Waals surface area contributed by atoms with Crippen molar-refractivity contribution >= 4 is 27.6 Å². The summed E-state index contributed by atoms with van der Waals surface area (Å²) in [6.07, 6.45) is 6.25. The third-order valence-corrected chi connectivity index (χ3v) is 5.55. The lowest BCUT2D eigenvalue weighted by atomic mass is 10.0. The summed E-state index contributed by atoms with van der Waals surface area (Å²) in [5.74, 6) is -2.51. The van der Waals surface area contributed by atoms with Crippen LogP contribution < -0.4 is 4.72 Å². The quantitative estimate of drug-likeness (QED) is 0.191. The van der Waals surface area contributed by atoms with Gasteiger partial charge in [-0.2, -0.15) is 0 Å². The van der Waals surface area contributed by atoms with Crippen molar-refractivity contribution in [3.8, 4) is 0 Å². The number of aliphatic hydroxyl groups excluding tert-OH is 1. The fourth-order valence-electron chi connectivity index (χ4n) is 3.17. The zero-order valence-electron chi connectivity index (χ0n) is 20.7. The maximum absolute atomic E-state index is 12.8. The Morgan fingerprint density at radius 1 is 1.00 bits per heavy atom. The van der Waals surface area contributed by atoms with Gasteiger partial charge in [0.25, 0.3) is 0 Å². The molecule has 1 rings (SSSR count). The van der Waals surface area contributed by atoms with Crippen LogP contribution >= 0.6 is 0 Å². The molecule has 0 saturated carbocycles. The Morgan fingerprint density at radius 2 is 1.54 bits per heavy atom. The zero-order chi connectivity index (χ0) is 26.9. The molecule has 0 radical (unpaired) electrons. The van der Waals surface area contributed by atoms with E-state index in [-0.39, 0.29) is 0 Å². The molecule has 1 aromatic rings. The van der Waals surface area contributed by atoms with Gasteiger partial charge in [-0.3, -0.25) is 4.72 Å². The van der Waals surface area contributed by atoms with Gasteiger partial charge in [0.15, 0.2) is 0 Å². The number of aliphatic carboxylic acids is 2. The van der Waals surface area contributed by atoms with Gasteiger partial charge >= 0.3 is 11.9 Å². The van der Waals surface area contributed by atoms with Crippen LogP contribution in [0.1, 0.15) is 64.0 Å². The molecule has 2 unspecified atom stereocenters. The van der Waals surface area contributed by atoms with Crippen molar-refractivity contribution in [2.24, 2.45) is 0 Å². The Hall–Kier alpha value is -2.50. The van der Waals surface area contributed by atoms with Crippen molar-refractivity contribution in [2.45, 2.75) is 64.6 Å². The third-order valence-electron chi connectivity index (χ3n) is 4.94. The largest absolute Gasteiger partial charge is 0.478 e. The van der Waals surface area contributed by atoms with Gasteiger partial charge in [-0.15, -0.1) is 0 Å². The number of anilines is 1. The first-order valence-corrected chi connectivity index (χ1v) is 13.5.